The van der Waals surface area contributed by atoms with E-state index in [1.807, 2.05) is 12.1 Å². The van der Waals surface area contributed by atoms with Crippen LogP contribution in [0.5, 0.6) is 0 Å². The maximum atomic E-state index is 13.1. The molecule has 32 heavy (non-hydrogen) atoms. The minimum absolute atomic E-state index is 0.0435. The summed E-state index contributed by atoms with van der Waals surface area (Å²) in [4.78, 5) is 13.1. The van der Waals surface area contributed by atoms with Crippen LogP contribution in [0.25, 0.3) is 0 Å². The van der Waals surface area contributed by atoms with E-state index in [1.165, 1.54) is 33.4 Å². The van der Waals surface area contributed by atoms with E-state index in [0.717, 1.165) is 25.7 Å². The van der Waals surface area contributed by atoms with Gasteiger partial charge in [0.05, 0.1) is 4.90 Å². The summed E-state index contributed by atoms with van der Waals surface area (Å²) in [5.41, 5.74) is 7.53. The van der Waals surface area contributed by atoms with Crippen LogP contribution in [0.4, 0.5) is 0 Å². The fourth-order valence-electron chi connectivity index (χ4n) is 5.28. The Balaban J connectivity index is 1.30. The summed E-state index contributed by atoms with van der Waals surface area (Å²) >= 11 is 0. The molecule has 0 unspecified atom stereocenters. The van der Waals surface area contributed by atoms with Gasteiger partial charge >= 0.3 is 0 Å². The van der Waals surface area contributed by atoms with Crippen LogP contribution < -0.4 is 5.32 Å². The van der Waals surface area contributed by atoms with E-state index >= 15 is 0 Å². The van der Waals surface area contributed by atoms with Crippen molar-refractivity contribution in [3.05, 3.63) is 63.7 Å². The highest BCUT2D eigenvalue weighted by Gasteiger charge is 2.32. The van der Waals surface area contributed by atoms with Gasteiger partial charge in [-0.25, -0.2) is 8.42 Å². The molecule has 1 heterocycles. The van der Waals surface area contributed by atoms with Crippen molar-refractivity contribution in [1.82, 2.24) is 9.62 Å². The predicted molar refractivity (Wildman–Crippen MR) is 127 cm³/mol. The molecule has 2 aliphatic rings. The Kier molecular flexibility index (Phi) is 6.72. The molecular formula is C26H34N2O3S. The zero-order chi connectivity index (χ0) is 22.9. The summed E-state index contributed by atoms with van der Waals surface area (Å²) in [6, 6.07) is 9.92. The Labute approximate surface area is 192 Å². The van der Waals surface area contributed by atoms with E-state index in [2.05, 4.69) is 38.2 Å². The quantitative estimate of drug-likeness (QED) is 0.721. The van der Waals surface area contributed by atoms with Gasteiger partial charge in [0, 0.05) is 25.6 Å². The van der Waals surface area contributed by atoms with Crippen LogP contribution in [-0.4, -0.2) is 38.3 Å². The molecule has 0 aromatic heterocycles. The summed E-state index contributed by atoms with van der Waals surface area (Å²) in [6.45, 7) is 7.74. The molecule has 4 rings (SSSR count). The first-order valence-corrected chi connectivity index (χ1v) is 13.2. The van der Waals surface area contributed by atoms with E-state index in [4.69, 9.17) is 0 Å². The van der Waals surface area contributed by atoms with Crippen LogP contribution in [-0.2, 0) is 34.1 Å². The van der Waals surface area contributed by atoms with Gasteiger partial charge in [0.15, 0.2) is 0 Å². The molecule has 2 aromatic rings. The molecule has 0 atom stereocenters. The lowest BCUT2D eigenvalue weighted by Gasteiger charge is -2.30. The lowest BCUT2D eigenvalue weighted by atomic mass is 9.96. The molecule has 0 spiro atoms. The monoisotopic (exact) mass is 454 g/mol. The maximum absolute atomic E-state index is 13.1. The van der Waals surface area contributed by atoms with Crippen LogP contribution in [0, 0.1) is 26.7 Å². The minimum atomic E-state index is -3.50. The number of carbonyl (C=O) groups excluding carboxylic acids is 1. The minimum Gasteiger partial charge on any atom is -0.356 e. The largest absolute Gasteiger partial charge is 0.356 e. The number of piperidine rings is 1. The number of rotatable bonds is 6. The number of hydrogen-bond donors (Lipinski definition) is 1. The zero-order valence-electron chi connectivity index (χ0n) is 19.4. The maximum Gasteiger partial charge on any atom is 0.243 e. The van der Waals surface area contributed by atoms with Crippen LogP contribution in [0.2, 0.25) is 0 Å². The van der Waals surface area contributed by atoms with Crippen molar-refractivity contribution < 1.29 is 13.2 Å². The lowest BCUT2D eigenvalue weighted by molar-refractivity contribution is -0.126. The van der Waals surface area contributed by atoms with Gasteiger partial charge in [-0.3, -0.25) is 4.79 Å². The van der Waals surface area contributed by atoms with Gasteiger partial charge in [0.1, 0.15) is 0 Å². The van der Waals surface area contributed by atoms with Gasteiger partial charge in [-0.1, -0.05) is 23.8 Å². The molecule has 0 bridgehead atoms. The molecule has 0 radical (unpaired) electrons. The first-order chi connectivity index (χ1) is 15.3. The fourth-order valence-corrected chi connectivity index (χ4v) is 6.80. The van der Waals surface area contributed by atoms with Gasteiger partial charge in [-0.2, -0.15) is 4.31 Å². The molecule has 1 saturated heterocycles. The van der Waals surface area contributed by atoms with Gasteiger partial charge in [-0.15, -0.1) is 0 Å². The summed E-state index contributed by atoms with van der Waals surface area (Å²) in [7, 11) is -3.50. The Bertz CT molecular complexity index is 1090. The van der Waals surface area contributed by atoms with Crippen molar-refractivity contribution in [1.29, 1.82) is 0 Å². The molecule has 1 aliphatic heterocycles. The Morgan fingerprint density at radius 3 is 2.34 bits per heavy atom. The number of sulfonamides is 1. The highest BCUT2D eigenvalue weighted by molar-refractivity contribution is 7.89. The zero-order valence-corrected chi connectivity index (χ0v) is 20.2. The van der Waals surface area contributed by atoms with Gasteiger partial charge < -0.3 is 5.32 Å². The fraction of sp³-hybridized carbons (Fsp3) is 0.500. The summed E-state index contributed by atoms with van der Waals surface area (Å²) in [6.07, 6.45) is 5.05. The van der Waals surface area contributed by atoms with Crippen LogP contribution in [0.15, 0.2) is 35.2 Å². The number of benzene rings is 2. The third kappa shape index (κ3) is 4.76. The van der Waals surface area contributed by atoms with Crippen LogP contribution in [0.1, 0.15) is 52.6 Å². The molecule has 1 fully saturated rings. The first kappa shape index (κ1) is 23.0. The highest BCUT2D eigenvalue weighted by atomic mass is 32.2. The molecule has 6 heteroatoms. The van der Waals surface area contributed by atoms with Gasteiger partial charge in [0.2, 0.25) is 15.9 Å². The van der Waals surface area contributed by atoms with E-state index < -0.39 is 10.0 Å². The number of hydrogen-bond acceptors (Lipinski definition) is 3. The Hall–Kier alpha value is -2.18. The van der Waals surface area contributed by atoms with Crippen LogP contribution >= 0.6 is 0 Å². The van der Waals surface area contributed by atoms with Crippen molar-refractivity contribution >= 4 is 15.9 Å². The SMILES string of the molecule is Cc1cc(C)c(CCNC(=O)C2CCN(S(=O)(=O)c3ccc4c(c3)CCC4)CC2)c(C)c1. The van der Waals surface area contributed by atoms with Crippen molar-refractivity contribution in [2.45, 2.75) is 64.2 Å². The second-order valence-electron chi connectivity index (χ2n) is 9.38. The number of carbonyl (C=O) groups is 1. The molecule has 2 aromatic carbocycles. The molecule has 172 valence electrons. The normalized spacial score (nSPS) is 17.3. The van der Waals surface area contributed by atoms with Crippen molar-refractivity contribution in [2.75, 3.05) is 19.6 Å². The second kappa shape index (κ2) is 9.36. The van der Waals surface area contributed by atoms with Crippen molar-refractivity contribution in [2.24, 2.45) is 5.92 Å². The summed E-state index contributed by atoms with van der Waals surface area (Å²) in [5, 5.41) is 3.08. The second-order valence-corrected chi connectivity index (χ2v) is 11.3. The summed E-state index contributed by atoms with van der Waals surface area (Å²) < 4.78 is 27.8. The predicted octanol–water partition coefficient (Wildman–Crippen LogP) is 3.86. The van der Waals surface area contributed by atoms with E-state index in [1.54, 1.807) is 10.4 Å². The number of nitrogens with one attached hydrogen (secondary N) is 1. The molecule has 5 nitrogen and oxygen atoms in total. The molecule has 1 amide bonds. The standard InChI is InChI=1S/C26H34N2O3S/c1-18-15-19(2)25(20(3)16-18)9-12-27-26(29)22-10-13-28(14-11-22)32(30,31)24-8-7-21-5-4-6-23(21)17-24/h7-8,15-17,22H,4-6,9-14H2,1-3H3,(H,27,29). The van der Waals surface area contributed by atoms with Gasteiger partial charge in [-0.05, 0) is 99.2 Å². The summed E-state index contributed by atoms with van der Waals surface area (Å²) in [5.74, 6) is -0.0799. The number of nitrogens with zero attached hydrogens (tertiary/aromatic N) is 1. The third-order valence-corrected chi connectivity index (χ3v) is 8.94. The molecular weight excluding hydrogens is 420 g/mol. The average Bonchev–Trinajstić information content (AvgIpc) is 3.23. The highest BCUT2D eigenvalue weighted by Crippen LogP contribution is 2.28. The third-order valence-electron chi connectivity index (χ3n) is 7.05. The average molecular weight is 455 g/mol. The lowest BCUT2D eigenvalue weighted by Crippen LogP contribution is -2.43. The topological polar surface area (TPSA) is 66.5 Å². The van der Waals surface area contributed by atoms with Crippen molar-refractivity contribution in [3.8, 4) is 0 Å². The molecule has 0 saturated carbocycles. The van der Waals surface area contributed by atoms with Crippen LogP contribution in [0.3, 0.4) is 0 Å². The van der Waals surface area contributed by atoms with E-state index in [9.17, 15) is 13.2 Å². The Morgan fingerprint density at radius 2 is 1.66 bits per heavy atom. The molecule has 1 N–H and O–H groups in total. The van der Waals surface area contributed by atoms with Crippen molar-refractivity contribution in [3.63, 3.8) is 0 Å². The van der Waals surface area contributed by atoms with E-state index in [0.29, 0.717) is 37.4 Å². The Morgan fingerprint density at radius 1 is 1.00 bits per heavy atom. The van der Waals surface area contributed by atoms with Gasteiger partial charge in [0.25, 0.3) is 0 Å². The number of amides is 1. The van der Waals surface area contributed by atoms with E-state index in [-0.39, 0.29) is 11.8 Å². The number of aryl methyl sites for hydroxylation is 5. The number of fused-ring (bicyclic) bond motifs is 1. The molecule has 1 aliphatic carbocycles. The smallest absolute Gasteiger partial charge is 0.243 e. The first-order valence-electron chi connectivity index (χ1n) is 11.7.